The van der Waals surface area contributed by atoms with Crippen LogP contribution >= 0.6 is 24.8 Å². The third-order valence-electron chi connectivity index (χ3n) is 3.57. The summed E-state index contributed by atoms with van der Waals surface area (Å²) in [7, 11) is 0. The number of carbonyl (C=O) groups excluding carboxylic acids is 1. The average Bonchev–Trinajstić information content (AvgIpc) is 2.69. The van der Waals surface area contributed by atoms with Gasteiger partial charge in [-0.1, -0.05) is 24.3 Å². The second-order valence-electron chi connectivity index (χ2n) is 4.93. The smallest absolute Gasteiger partial charge is 0.277 e. The summed E-state index contributed by atoms with van der Waals surface area (Å²) in [6.45, 7) is 4.15. The normalized spacial score (nSPS) is 13.2. The number of halogens is 2. The fourth-order valence-electron chi connectivity index (χ4n) is 2.51. The summed E-state index contributed by atoms with van der Waals surface area (Å²) in [5.41, 5.74) is 3.57. The Morgan fingerprint density at radius 3 is 2.73 bits per heavy atom. The van der Waals surface area contributed by atoms with Gasteiger partial charge in [-0.3, -0.25) is 9.78 Å². The Hall–Kier alpha value is -1.62. The van der Waals surface area contributed by atoms with Crippen LogP contribution in [0.15, 0.2) is 42.6 Å². The van der Waals surface area contributed by atoms with E-state index in [9.17, 15) is 4.79 Å². The van der Waals surface area contributed by atoms with Crippen LogP contribution in [0, 0.1) is 6.92 Å². The molecular weight excluding hydrogens is 321 g/mol. The molecule has 0 atom stereocenters. The number of aromatic nitrogens is 1. The third-order valence-corrected chi connectivity index (χ3v) is 3.57. The first-order valence-electron chi connectivity index (χ1n) is 6.79. The van der Waals surface area contributed by atoms with Crippen molar-refractivity contribution in [2.45, 2.75) is 13.5 Å². The van der Waals surface area contributed by atoms with Crippen LogP contribution in [0.5, 0.6) is 0 Å². The van der Waals surface area contributed by atoms with E-state index < -0.39 is 0 Å². The summed E-state index contributed by atoms with van der Waals surface area (Å²) in [4.78, 5) is 18.8. The molecule has 0 fully saturated rings. The summed E-state index contributed by atoms with van der Waals surface area (Å²) in [5.74, 6) is -0.0285. The topological polar surface area (TPSA) is 45.2 Å². The Morgan fingerprint density at radius 1 is 1.18 bits per heavy atom. The van der Waals surface area contributed by atoms with Crippen molar-refractivity contribution < 1.29 is 4.79 Å². The number of nitrogens with one attached hydrogen (secondary N) is 1. The number of anilines is 1. The van der Waals surface area contributed by atoms with Crippen molar-refractivity contribution in [3.63, 3.8) is 0 Å². The number of amides is 1. The summed E-state index contributed by atoms with van der Waals surface area (Å²) in [5, 5.41) is 3.34. The molecule has 1 aromatic carbocycles. The molecule has 1 aliphatic heterocycles. The van der Waals surface area contributed by atoms with E-state index in [-0.39, 0.29) is 30.7 Å². The number of rotatable bonds is 1. The van der Waals surface area contributed by atoms with E-state index in [4.69, 9.17) is 0 Å². The number of para-hydroxylation sites is 1. The Bertz CT molecular complexity index is 649. The van der Waals surface area contributed by atoms with Gasteiger partial charge in [-0.25, -0.2) is 0 Å². The SMILES string of the molecule is Cc1cccnc1C(=O)N1CCNCc2ccccc21.Cl.Cl. The lowest BCUT2D eigenvalue weighted by molar-refractivity contribution is 0.0982. The number of aryl methyl sites for hydroxylation is 1. The zero-order chi connectivity index (χ0) is 13.9. The standard InChI is InChI=1S/C16H17N3O.2ClH/c1-12-5-4-8-18-15(12)16(20)19-10-9-17-11-13-6-2-3-7-14(13)19;;/h2-8,17H,9-11H2,1H3;2*1H. The van der Waals surface area contributed by atoms with E-state index in [1.54, 1.807) is 6.20 Å². The van der Waals surface area contributed by atoms with E-state index in [0.29, 0.717) is 12.2 Å². The molecule has 2 heterocycles. The number of fused-ring (bicyclic) bond motifs is 1. The molecule has 118 valence electrons. The van der Waals surface area contributed by atoms with Crippen molar-refractivity contribution in [2.75, 3.05) is 18.0 Å². The fourth-order valence-corrected chi connectivity index (χ4v) is 2.51. The molecule has 2 aromatic rings. The maximum atomic E-state index is 12.8. The molecule has 0 radical (unpaired) electrons. The lowest BCUT2D eigenvalue weighted by Gasteiger charge is -2.22. The van der Waals surface area contributed by atoms with Gasteiger partial charge in [0, 0.05) is 31.5 Å². The molecular formula is C16H19Cl2N3O. The maximum absolute atomic E-state index is 12.8. The van der Waals surface area contributed by atoms with Crippen molar-refractivity contribution >= 4 is 36.4 Å². The molecule has 0 saturated heterocycles. The zero-order valence-electron chi connectivity index (χ0n) is 12.3. The van der Waals surface area contributed by atoms with Crippen molar-refractivity contribution in [3.05, 3.63) is 59.4 Å². The number of hydrogen-bond donors (Lipinski definition) is 1. The molecule has 0 aliphatic carbocycles. The maximum Gasteiger partial charge on any atom is 0.277 e. The minimum absolute atomic E-state index is 0. The highest BCUT2D eigenvalue weighted by Crippen LogP contribution is 2.24. The van der Waals surface area contributed by atoms with Gasteiger partial charge >= 0.3 is 0 Å². The molecule has 22 heavy (non-hydrogen) atoms. The second-order valence-corrected chi connectivity index (χ2v) is 4.93. The van der Waals surface area contributed by atoms with E-state index >= 15 is 0 Å². The first-order chi connectivity index (χ1) is 9.77. The van der Waals surface area contributed by atoms with Gasteiger partial charge in [0.25, 0.3) is 5.91 Å². The molecule has 0 saturated carbocycles. The van der Waals surface area contributed by atoms with E-state index in [1.165, 1.54) is 0 Å². The largest absolute Gasteiger partial charge is 0.311 e. The quantitative estimate of drug-likeness (QED) is 0.868. The Labute approximate surface area is 142 Å². The summed E-state index contributed by atoms with van der Waals surface area (Å²) < 4.78 is 0. The van der Waals surface area contributed by atoms with Gasteiger partial charge in [0.15, 0.2) is 0 Å². The molecule has 1 aliphatic rings. The molecule has 3 rings (SSSR count). The summed E-state index contributed by atoms with van der Waals surface area (Å²) >= 11 is 0. The molecule has 1 N–H and O–H groups in total. The molecule has 0 unspecified atom stereocenters. The highest BCUT2D eigenvalue weighted by Gasteiger charge is 2.23. The van der Waals surface area contributed by atoms with E-state index in [0.717, 1.165) is 29.9 Å². The van der Waals surface area contributed by atoms with Crippen LogP contribution in [-0.2, 0) is 6.54 Å². The zero-order valence-corrected chi connectivity index (χ0v) is 13.9. The van der Waals surface area contributed by atoms with Crippen LogP contribution in [0.4, 0.5) is 5.69 Å². The van der Waals surface area contributed by atoms with E-state index in [1.807, 2.05) is 42.2 Å². The van der Waals surface area contributed by atoms with Gasteiger partial charge in [0.1, 0.15) is 5.69 Å². The van der Waals surface area contributed by atoms with Crippen molar-refractivity contribution in [2.24, 2.45) is 0 Å². The van der Waals surface area contributed by atoms with Crippen LogP contribution < -0.4 is 10.2 Å². The number of nitrogens with zero attached hydrogens (tertiary/aromatic N) is 2. The third kappa shape index (κ3) is 3.58. The van der Waals surface area contributed by atoms with Crippen LogP contribution in [-0.4, -0.2) is 24.0 Å². The van der Waals surface area contributed by atoms with Crippen LogP contribution in [0.3, 0.4) is 0 Å². The Balaban J connectivity index is 0.00000121. The number of carbonyl (C=O) groups is 1. The fraction of sp³-hybridized carbons (Fsp3) is 0.250. The predicted molar refractivity (Wildman–Crippen MR) is 93.3 cm³/mol. The Kier molecular flexibility index (Phi) is 6.81. The first kappa shape index (κ1) is 18.4. The molecule has 0 spiro atoms. The predicted octanol–water partition coefficient (Wildman–Crippen LogP) is 2.98. The van der Waals surface area contributed by atoms with Gasteiger partial charge in [-0.05, 0) is 30.2 Å². The molecule has 4 nitrogen and oxygen atoms in total. The summed E-state index contributed by atoms with van der Waals surface area (Å²) in [6.07, 6.45) is 1.67. The van der Waals surface area contributed by atoms with Crippen molar-refractivity contribution in [3.8, 4) is 0 Å². The highest BCUT2D eigenvalue weighted by molar-refractivity contribution is 6.06. The van der Waals surface area contributed by atoms with Gasteiger partial charge in [-0.2, -0.15) is 0 Å². The lowest BCUT2D eigenvalue weighted by Crippen LogP contribution is -2.35. The van der Waals surface area contributed by atoms with Crippen LogP contribution in [0.1, 0.15) is 21.6 Å². The van der Waals surface area contributed by atoms with Gasteiger partial charge < -0.3 is 10.2 Å². The van der Waals surface area contributed by atoms with Gasteiger partial charge in [0.05, 0.1) is 0 Å². The first-order valence-corrected chi connectivity index (χ1v) is 6.79. The lowest BCUT2D eigenvalue weighted by atomic mass is 10.1. The van der Waals surface area contributed by atoms with Crippen LogP contribution in [0.2, 0.25) is 0 Å². The molecule has 1 amide bonds. The number of benzene rings is 1. The monoisotopic (exact) mass is 339 g/mol. The number of hydrogen-bond acceptors (Lipinski definition) is 3. The van der Waals surface area contributed by atoms with Crippen molar-refractivity contribution in [1.82, 2.24) is 10.3 Å². The second kappa shape index (κ2) is 8.13. The van der Waals surface area contributed by atoms with Crippen molar-refractivity contribution in [1.29, 1.82) is 0 Å². The Morgan fingerprint density at radius 2 is 1.95 bits per heavy atom. The molecule has 0 bridgehead atoms. The molecule has 1 aromatic heterocycles. The van der Waals surface area contributed by atoms with Gasteiger partial charge in [0.2, 0.25) is 0 Å². The summed E-state index contributed by atoms with van der Waals surface area (Å²) in [6, 6.07) is 11.8. The number of pyridine rings is 1. The highest BCUT2D eigenvalue weighted by atomic mass is 35.5. The van der Waals surface area contributed by atoms with Gasteiger partial charge in [-0.15, -0.1) is 24.8 Å². The minimum atomic E-state index is -0.0285. The minimum Gasteiger partial charge on any atom is -0.311 e. The van der Waals surface area contributed by atoms with E-state index in [2.05, 4.69) is 16.4 Å². The average molecular weight is 340 g/mol. The van der Waals surface area contributed by atoms with Crippen LogP contribution in [0.25, 0.3) is 0 Å². The molecule has 6 heteroatoms.